The van der Waals surface area contributed by atoms with Crippen LogP contribution in [0.1, 0.15) is 66.1 Å². The van der Waals surface area contributed by atoms with Crippen molar-refractivity contribution in [1.82, 2.24) is 10.2 Å². The van der Waals surface area contributed by atoms with Crippen molar-refractivity contribution in [2.75, 3.05) is 19.6 Å². The van der Waals surface area contributed by atoms with Crippen LogP contribution in [0.2, 0.25) is 0 Å². The van der Waals surface area contributed by atoms with E-state index in [1.54, 1.807) is 29.8 Å². The lowest BCUT2D eigenvalue weighted by Gasteiger charge is -2.36. The zero-order valence-corrected chi connectivity index (χ0v) is 18.8. The molecule has 0 radical (unpaired) electrons. The molecule has 31 heavy (non-hydrogen) atoms. The number of carbonyl (C=O) groups is 1. The second-order valence-electron chi connectivity index (χ2n) is 9.26. The number of nitrogens with zero attached hydrogens (tertiary/aromatic N) is 1. The molecule has 4 rings (SSSR count). The van der Waals surface area contributed by atoms with Crippen molar-refractivity contribution in [3.05, 3.63) is 64.7 Å². The fraction of sp³-hybridized carbons (Fsp3) is 0.519. The van der Waals surface area contributed by atoms with E-state index in [0.717, 1.165) is 25.3 Å². The Morgan fingerprint density at radius 2 is 1.90 bits per heavy atom. The molecule has 1 heterocycles. The summed E-state index contributed by atoms with van der Waals surface area (Å²) < 4.78 is 0. The lowest BCUT2D eigenvalue weighted by atomic mass is 9.91. The van der Waals surface area contributed by atoms with Crippen LogP contribution >= 0.6 is 0 Å². The normalized spacial score (nSPS) is 18.0. The van der Waals surface area contributed by atoms with Gasteiger partial charge in [-0.3, -0.25) is 9.69 Å². The Morgan fingerprint density at radius 3 is 2.61 bits per heavy atom. The number of hydrogen-bond donors (Lipinski definition) is 2. The number of rotatable bonds is 8. The molecule has 2 aliphatic rings. The largest absolute Gasteiger partial charge is 0.507 e. The molecule has 1 aliphatic carbocycles. The number of aromatic hydroxyl groups is 1. The molecule has 1 aliphatic heterocycles. The molecule has 4 nitrogen and oxygen atoms in total. The van der Waals surface area contributed by atoms with Crippen LogP contribution in [-0.4, -0.2) is 41.6 Å². The van der Waals surface area contributed by atoms with Crippen LogP contribution in [-0.2, 0) is 19.3 Å². The number of carbonyl (C=O) groups excluding carboxylic acids is 1. The molecule has 2 aromatic rings. The van der Waals surface area contributed by atoms with E-state index in [9.17, 15) is 9.90 Å². The zero-order valence-electron chi connectivity index (χ0n) is 18.8. The first-order valence-electron chi connectivity index (χ1n) is 12.0. The number of hydrogen-bond acceptors (Lipinski definition) is 3. The van der Waals surface area contributed by atoms with E-state index in [0.29, 0.717) is 18.0 Å². The Hall–Kier alpha value is -2.33. The van der Waals surface area contributed by atoms with Gasteiger partial charge in [0.1, 0.15) is 5.75 Å². The van der Waals surface area contributed by atoms with Gasteiger partial charge < -0.3 is 10.4 Å². The van der Waals surface area contributed by atoms with E-state index in [1.807, 2.05) is 0 Å². The van der Waals surface area contributed by atoms with E-state index >= 15 is 0 Å². The first-order valence-corrected chi connectivity index (χ1v) is 12.0. The first kappa shape index (κ1) is 21.9. The summed E-state index contributed by atoms with van der Waals surface area (Å²) in [6, 6.07) is 14.7. The molecule has 0 bridgehead atoms. The third-order valence-corrected chi connectivity index (χ3v) is 7.32. The quantitative estimate of drug-likeness (QED) is 0.649. The SMILES string of the molecule is CCC(CCc1ccc2c(c1)CCN(C1CCC1)CC2)CNC(=O)c1ccccc1O. The van der Waals surface area contributed by atoms with Gasteiger partial charge >= 0.3 is 0 Å². The molecular weight excluding hydrogens is 384 g/mol. The number of benzene rings is 2. The van der Waals surface area contributed by atoms with Crippen LogP contribution in [0.25, 0.3) is 0 Å². The van der Waals surface area contributed by atoms with Gasteiger partial charge in [-0.15, -0.1) is 0 Å². The molecule has 1 saturated carbocycles. The minimum absolute atomic E-state index is 0.0360. The number of fused-ring (bicyclic) bond motifs is 1. The van der Waals surface area contributed by atoms with Crippen molar-refractivity contribution in [3.63, 3.8) is 0 Å². The number of para-hydroxylation sites is 1. The second kappa shape index (κ2) is 10.3. The number of aryl methyl sites for hydroxylation is 1. The topological polar surface area (TPSA) is 52.6 Å². The lowest BCUT2D eigenvalue weighted by molar-refractivity contribution is 0.0943. The van der Waals surface area contributed by atoms with Crippen LogP contribution in [0.15, 0.2) is 42.5 Å². The molecule has 2 aromatic carbocycles. The fourth-order valence-corrected chi connectivity index (χ4v) is 4.89. The van der Waals surface area contributed by atoms with E-state index in [1.165, 1.54) is 56.3 Å². The predicted octanol–water partition coefficient (Wildman–Crippen LogP) is 4.73. The Labute approximate surface area is 186 Å². The van der Waals surface area contributed by atoms with Gasteiger partial charge in [-0.05, 0) is 73.3 Å². The number of amides is 1. The maximum absolute atomic E-state index is 12.4. The van der Waals surface area contributed by atoms with Gasteiger partial charge in [-0.2, -0.15) is 0 Å². The fourth-order valence-electron chi connectivity index (χ4n) is 4.89. The molecule has 0 spiro atoms. The summed E-state index contributed by atoms with van der Waals surface area (Å²) in [6.07, 6.45) is 9.68. The molecule has 166 valence electrons. The van der Waals surface area contributed by atoms with Crippen molar-refractivity contribution in [2.24, 2.45) is 5.92 Å². The second-order valence-corrected chi connectivity index (χ2v) is 9.26. The maximum atomic E-state index is 12.4. The van der Waals surface area contributed by atoms with Crippen molar-refractivity contribution in [3.8, 4) is 5.75 Å². The van der Waals surface area contributed by atoms with E-state index in [-0.39, 0.29) is 11.7 Å². The number of phenols is 1. The molecule has 1 amide bonds. The third kappa shape index (κ3) is 5.48. The van der Waals surface area contributed by atoms with Crippen LogP contribution in [0.3, 0.4) is 0 Å². The molecule has 1 unspecified atom stereocenters. The highest BCUT2D eigenvalue weighted by atomic mass is 16.3. The van der Waals surface area contributed by atoms with Crippen molar-refractivity contribution in [1.29, 1.82) is 0 Å². The van der Waals surface area contributed by atoms with Crippen molar-refractivity contribution < 1.29 is 9.90 Å². The summed E-state index contributed by atoms with van der Waals surface area (Å²) in [4.78, 5) is 15.1. The Kier molecular flexibility index (Phi) is 7.29. The van der Waals surface area contributed by atoms with Crippen LogP contribution < -0.4 is 5.32 Å². The van der Waals surface area contributed by atoms with Gasteiger partial charge in [-0.1, -0.05) is 50.1 Å². The highest BCUT2D eigenvalue weighted by molar-refractivity contribution is 5.96. The summed E-state index contributed by atoms with van der Waals surface area (Å²) in [5.41, 5.74) is 4.84. The van der Waals surface area contributed by atoms with Gasteiger partial charge in [0.15, 0.2) is 0 Å². The molecule has 0 aromatic heterocycles. The smallest absolute Gasteiger partial charge is 0.255 e. The first-order chi connectivity index (χ1) is 15.1. The average molecular weight is 421 g/mol. The van der Waals surface area contributed by atoms with Gasteiger partial charge in [-0.25, -0.2) is 0 Å². The maximum Gasteiger partial charge on any atom is 0.255 e. The minimum atomic E-state index is -0.197. The Balaban J connectivity index is 1.28. The molecule has 2 N–H and O–H groups in total. The average Bonchev–Trinajstić information content (AvgIpc) is 2.95. The van der Waals surface area contributed by atoms with E-state index < -0.39 is 0 Å². The van der Waals surface area contributed by atoms with Gasteiger partial charge in [0.05, 0.1) is 5.56 Å². The monoisotopic (exact) mass is 420 g/mol. The standard InChI is InChI=1S/C27H36N2O2/c1-2-20(19-28-27(31)25-8-3-4-9-26(25)30)10-11-21-12-13-22-14-16-29(24-6-5-7-24)17-15-23(22)18-21/h3-4,8-9,12-13,18,20,24,30H,2,5-7,10-11,14-17,19H2,1H3,(H,28,31). The van der Waals surface area contributed by atoms with Crippen molar-refractivity contribution in [2.45, 2.75) is 64.3 Å². The minimum Gasteiger partial charge on any atom is -0.507 e. The molecule has 0 saturated heterocycles. The molecule has 4 heteroatoms. The van der Waals surface area contributed by atoms with Gasteiger partial charge in [0.25, 0.3) is 5.91 Å². The highest BCUT2D eigenvalue weighted by Crippen LogP contribution is 2.28. The molecular formula is C27H36N2O2. The van der Waals surface area contributed by atoms with Crippen molar-refractivity contribution >= 4 is 5.91 Å². The summed E-state index contributed by atoms with van der Waals surface area (Å²) in [5.74, 6) is 0.272. The lowest BCUT2D eigenvalue weighted by Crippen LogP contribution is -2.41. The van der Waals surface area contributed by atoms with Gasteiger partial charge in [0, 0.05) is 25.7 Å². The Morgan fingerprint density at radius 1 is 1.13 bits per heavy atom. The zero-order chi connectivity index (χ0) is 21.6. The van der Waals surface area contributed by atoms with Crippen LogP contribution in [0.5, 0.6) is 5.75 Å². The molecule has 1 atom stereocenters. The summed E-state index contributed by atoms with van der Waals surface area (Å²) in [6.45, 7) is 5.25. The van der Waals surface area contributed by atoms with Gasteiger partial charge in [0.2, 0.25) is 0 Å². The van der Waals surface area contributed by atoms with Crippen LogP contribution in [0.4, 0.5) is 0 Å². The van der Waals surface area contributed by atoms with Crippen LogP contribution in [0, 0.1) is 5.92 Å². The van der Waals surface area contributed by atoms with E-state index in [4.69, 9.17) is 0 Å². The third-order valence-electron chi connectivity index (χ3n) is 7.32. The Bertz CT molecular complexity index is 891. The summed E-state index contributed by atoms with van der Waals surface area (Å²) >= 11 is 0. The summed E-state index contributed by atoms with van der Waals surface area (Å²) in [5, 5.41) is 12.9. The molecule has 1 fully saturated rings. The number of nitrogens with one attached hydrogen (secondary N) is 1. The summed E-state index contributed by atoms with van der Waals surface area (Å²) in [7, 11) is 0. The highest BCUT2D eigenvalue weighted by Gasteiger charge is 2.26. The predicted molar refractivity (Wildman–Crippen MR) is 126 cm³/mol. The van der Waals surface area contributed by atoms with E-state index in [2.05, 4.69) is 35.3 Å². The number of phenolic OH excluding ortho intramolecular Hbond substituents is 1.